The molecule has 1 aliphatic rings. The topological polar surface area (TPSA) is 73.8 Å². The molecule has 0 radical (unpaired) electrons. The van der Waals surface area contributed by atoms with Crippen molar-refractivity contribution in [2.75, 3.05) is 5.75 Å². The highest BCUT2D eigenvalue weighted by Gasteiger charge is 2.29. The Morgan fingerprint density at radius 1 is 1.50 bits per heavy atom. The number of carbonyl (C=O) groups is 1. The molecule has 0 unspecified atom stereocenters. The average molecular weight is 308 g/mol. The second kappa shape index (κ2) is 5.97. The molecule has 1 aliphatic carbocycles. The van der Waals surface area contributed by atoms with Crippen molar-refractivity contribution < 1.29 is 4.79 Å². The summed E-state index contributed by atoms with van der Waals surface area (Å²) in [5.74, 6) is 1.42. The molecular weight excluding hydrogens is 292 g/mol. The number of rotatable bonds is 7. The van der Waals surface area contributed by atoms with Crippen molar-refractivity contribution in [2.45, 2.75) is 36.9 Å². The van der Waals surface area contributed by atoms with E-state index in [1.165, 1.54) is 17.7 Å². The van der Waals surface area contributed by atoms with Gasteiger partial charge in [-0.25, -0.2) is 0 Å². The van der Waals surface area contributed by atoms with Crippen molar-refractivity contribution in [2.24, 2.45) is 5.73 Å². The van der Waals surface area contributed by atoms with Gasteiger partial charge in [-0.3, -0.25) is 4.79 Å². The van der Waals surface area contributed by atoms with Crippen LogP contribution in [0.3, 0.4) is 0 Å². The van der Waals surface area contributed by atoms with Gasteiger partial charge in [0.05, 0.1) is 0 Å². The van der Waals surface area contributed by atoms with Crippen LogP contribution in [0.2, 0.25) is 0 Å². The van der Waals surface area contributed by atoms with E-state index in [4.69, 9.17) is 5.73 Å². The maximum absolute atomic E-state index is 10.8. The first-order chi connectivity index (χ1) is 9.74. The molecule has 20 heavy (non-hydrogen) atoms. The second-order valence-corrected chi connectivity index (χ2v) is 6.92. The molecule has 1 amide bonds. The van der Waals surface area contributed by atoms with E-state index in [-0.39, 0.29) is 5.91 Å². The van der Waals surface area contributed by atoms with Gasteiger partial charge in [-0.15, -0.1) is 21.5 Å². The van der Waals surface area contributed by atoms with Crippen molar-refractivity contribution in [1.29, 1.82) is 0 Å². The number of primary amides is 1. The zero-order chi connectivity index (χ0) is 13.9. The van der Waals surface area contributed by atoms with E-state index in [1.807, 2.05) is 0 Å². The van der Waals surface area contributed by atoms with Crippen LogP contribution >= 0.6 is 23.1 Å². The van der Waals surface area contributed by atoms with E-state index in [0.29, 0.717) is 18.2 Å². The lowest BCUT2D eigenvalue weighted by Crippen LogP contribution is -2.11. The molecule has 0 atom stereocenters. The first-order valence-corrected chi connectivity index (χ1v) is 8.48. The molecule has 2 aromatic rings. The van der Waals surface area contributed by atoms with Crippen LogP contribution in [-0.4, -0.2) is 26.4 Å². The van der Waals surface area contributed by atoms with Gasteiger partial charge in [-0.2, -0.15) is 0 Å². The number of amides is 1. The van der Waals surface area contributed by atoms with Crippen molar-refractivity contribution in [1.82, 2.24) is 14.8 Å². The number of carbonyl (C=O) groups excluding carboxylic acids is 1. The smallest absolute Gasteiger partial charge is 0.218 e. The van der Waals surface area contributed by atoms with Gasteiger partial charge in [-0.1, -0.05) is 17.8 Å². The van der Waals surface area contributed by atoms with Crippen LogP contribution in [-0.2, 0) is 11.2 Å². The minimum Gasteiger partial charge on any atom is -0.370 e. The Labute approximate surface area is 125 Å². The van der Waals surface area contributed by atoms with Gasteiger partial charge in [0.15, 0.2) is 5.16 Å². The Morgan fingerprint density at radius 2 is 2.35 bits per heavy atom. The molecule has 5 nitrogen and oxygen atoms in total. The summed E-state index contributed by atoms with van der Waals surface area (Å²) in [6.07, 6.45) is 3.59. The van der Waals surface area contributed by atoms with Crippen molar-refractivity contribution in [3.63, 3.8) is 0 Å². The summed E-state index contributed by atoms with van der Waals surface area (Å²) in [6, 6.07) is 4.72. The Morgan fingerprint density at radius 3 is 3.00 bits per heavy atom. The van der Waals surface area contributed by atoms with E-state index in [1.54, 1.807) is 23.1 Å². The van der Waals surface area contributed by atoms with Crippen molar-refractivity contribution >= 4 is 29.0 Å². The first kappa shape index (κ1) is 13.6. The third-order valence-corrected chi connectivity index (χ3v) is 4.96. The van der Waals surface area contributed by atoms with Gasteiger partial charge in [0.2, 0.25) is 5.91 Å². The minimum atomic E-state index is -0.270. The Hall–Kier alpha value is -1.34. The Balaban J connectivity index is 1.74. The van der Waals surface area contributed by atoms with Gasteiger partial charge in [0, 0.05) is 29.5 Å². The molecular formula is C13H16N4OS2. The number of hydrogen-bond acceptors (Lipinski definition) is 5. The van der Waals surface area contributed by atoms with Crippen LogP contribution in [0, 0.1) is 0 Å². The lowest BCUT2D eigenvalue weighted by Gasteiger charge is -2.07. The zero-order valence-corrected chi connectivity index (χ0v) is 12.6. The average Bonchev–Trinajstić information content (AvgIpc) is 2.96. The summed E-state index contributed by atoms with van der Waals surface area (Å²) in [4.78, 5) is 12.1. The Kier molecular flexibility index (Phi) is 4.07. The monoisotopic (exact) mass is 308 g/mol. The lowest BCUT2D eigenvalue weighted by atomic mass is 10.3. The van der Waals surface area contributed by atoms with Crippen LogP contribution in [0.4, 0.5) is 0 Å². The van der Waals surface area contributed by atoms with Gasteiger partial charge < -0.3 is 10.3 Å². The molecule has 2 heterocycles. The summed E-state index contributed by atoms with van der Waals surface area (Å²) in [5, 5.41) is 11.6. The summed E-state index contributed by atoms with van der Waals surface area (Å²) in [7, 11) is 0. The fourth-order valence-corrected chi connectivity index (χ4v) is 3.72. The molecule has 0 spiro atoms. The van der Waals surface area contributed by atoms with Crippen LogP contribution in [0.5, 0.6) is 0 Å². The summed E-state index contributed by atoms with van der Waals surface area (Å²) < 4.78 is 2.24. The molecule has 1 fully saturated rings. The quantitative estimate of drug-likeness (QED) is 0.796. The number of nitrogens with zero attached hydrogens (tertiary/aromatic N) is 3. The molecule has 1 saturated carbocycles. The summed E-state index contributed by atoms with van der Waals surface area (Å²) in [5.41, 5.74) is 5.17. The van der Waals surface area contributed by atoms with Crippen LogP contribution in [0.1, 0.15) is 36.0 Å². The SMILES string of the molecule is NC(=O)CCSc1nnc(Cc2cccs2)n1C1CC1. The maximum atomic E-state index is 10.8. The number of aromatic nitrogens is 3. The summed E-state index contributed by atoms with van der Waals surface area (Å²) in [6.45, 7) is 0. The lowest BCUT2D eigenvalue weighted by molar-refractivity contribution is -0.117. The van der Waals surface area contributed by atoms with E-state index in [0.717, 1.165) is 17.4 Å². The van der Waals surface area contributed by atoms with E-state index in [2.05, 4.69) is 32.3 Å². The van der Waals surface area contributed by atoms with Crippen molar-refractivity contribution in [3.05, 3.63) is 28.2 Å². The molecule has 106 valence electrons. The van der Waals surface area contributed by atoms with Gasteiger partial charge in [0.25, 0.3) is 0 Å². The van der Waals surface area contributed by atoms with E-state index >= 15 is 0 Å². The number of hydrogen-bond donors (Lipinski definition) is 1. The highest BCUT2D eigenvalue weighted by Crippen LogP contribution is 2.39. The number of thiophene rings is 1. The third-order valence-electron chi connectivity index (χ3n) is 3.14. The van der Waals surface area contributed by atoms with Gasteiger partial charge >= 0.3 is 0 Å². The normalized spacial score (nSPS) is 14.6. The highest BCUT2D eigenvalue weighted by atomic mass is 32.2. The Bertz CT molecular complexity index is 590. The van der Waals surface area contributed by atoms with Crippen LogP contribution < -0.4 is 5.73 Å². The highest BCUT2D eigenvalue weighted by molar-refractivity contribution is 7.99. The molecule has 0 aromatic carbocycles. The molecule has 0 saturated heterocycles. The first-order valence-electron chi connectivity index (χ1n) is 6.61. The predicted octanol–water partition coefficient (Wildman–Crippen LogP) is 2.23. The molecule has 0 aliphatic heterocycles. The molecule has 0 bridgehead atoms. The zero-order valence-electron chi connectivity index (χ0n) is 11.0. The fraction of sp³-hybridized carbons (Fsp3) is 0.462. The second-order valence-electron chi connectivity index (χ2n) is 4.82. The molecule has 3 rings (SSSR count). The standard InChI is InChI=1S/C13H16N4OS2/c14-11(18)5-7-20-13-16-15-12(17(13)9-3-4-9)8-10-2-1-6-19-10/h1-2,6,9H,3-5,7-8H2,(H2,14,18). The molecule has 7 heteroatoms. The third kappa shape index (κ3) is 3.21. The molecule has 2 aromatic heterocycles. The molecule has 2 N–H and O–H groups in total. The predicted molar refractivity (Wildman–Crippen MR) is 80.0 cm³/mol. The van der Waals surface area contributed by atoms with Gasteiger partial charge in [0.1, 0.15) is 5.82 Å². The fourth-order valence-electron chi connectivity index (χ4n) is 2.04. The maximum Gasteiger partial charge on any atom is 0.218 e. The largest absolute Gasteiger partial charge is 0.370 e. The summed E-state index contributed by atoms with van der Waals surface area (Å²) >= 11 is 3.31. The van der Waals surface area contributed by atoms with Crippen LogP contribution in [0.25, 0.3) is 0 Å². The minimum absolute atomic E-state index is 0.270. The van der Waals surface area contributed by atoms with E-state index in [9.17, 15) is 4.79 Å². The van der Waals surface area contributed by atoms with E-state index < -0.39 is 0 Å². The van der Waals surface area contributed by atoms with Crippen LogP contribution in [0.15, 0.2) is 22.7 Å². The number of thioether (sulfide) groups is 1. The van der Waals surface area contributed by atoms with Crippen molar-refractivity contribution in [3.8, 4) is 0 Å². The van der Waals surface area contributed by atoms with Gasteiger partial charge in [-0.05, 0) is 24.3 Å². The number of nitrogens with two attached hydrogens (primary N) is 1.